The van der Waals surface area contributed by atoms with Crippen molar-refractivity contribution >= 4 is 42.0 Å². The Hall–Kier alpha value is -4.11. The van der Waals surface area contributed by atoms with Gasteiger partial charge in [-0.2, -0.15) is 0 Å². The van der Waals surface area contributed by atoms with Gasteiger partial charge in [-0.05, 0) is 6.08 Å². The second kappa shape index (κ2) is 16.5. The maximum atomic E-state index is 12.1. The molecule has 0 spiro atoms. The molecular formula is C19H27N5O10. The van der Waals surface area contributed by atoms with Crippen molar-refractivity contribution in [2.75, 3.05) is 52.4 Å². The molecule has 0 aliphatic rings. The van der Waals surface area contributed by atoms with Crippen molar-refractivity contribution in [3.8, 4) is 0 Å². The Kier molecular flexibility index (Phi) is 14.5. The molecule has 0 aromatic carbocycles. The number of carbonyl (C=O) groups excluding carboxylic acids is 4. The number of carboxylic acids is 3. The van der Waals surface area contributed by atoms with E-state index in [-0.39, 0.29) is 44.7 Å². The van der Waals surface area contributed by atoms with Gasteiger partial charge < -0.3 is 26.0 Å². The normalized spacial score (nSPS) is 10.6. The molecule has 15 heteroatoms. The summed E-state index contributed by atoms with van der Waals surface area (Å²) in [4.78, 5) is 80.2. The van der Waals surface area contributed by atoms with Gasteiger partial charge in [0.05, 0.1) is 26.2 Å². The summed E-state index contributed by atoms with van der Waals surface area (Å²) < 4.78 is 0. The SMILES string of the molecule is C=C(/C=C/C(=O)NCCNC(=O)CN(CCN(CC(=O)O)CC(=O)O)CC(=O)O)C(=O)NC=O. The molecule has 15 nitrogen and oxygen atoms in total. The predicted octanol–water partition coefficient (Wildman–Crippen LogP) is -3.54. The maximum Gasteiger partial charge on any atom is 0.317 e. The monoisotopic (exact) mass is 485 g/mol. The number of hydrogen-bond donors (Lipinski definition) is 6. The zero-order chi connectivity index (χ0) is 26.1. The molecule has 0 unspecified atom stereocenters. The molecule has 0 saturated heterocycles. The van der Waals surface area contributed by atoms with Gasteiger partial charge in [-0.15, -0.1) is 0 Å². The number of hydrogen-bond acceptors (Lipinski definition) is 9. The maximum absolute atomic E-state index is 12.1. The Morgan fingerprint density at radius 1 is 0.735 bits per heavy atom. The molecule has 0 rings (SSSR count). The van der Waals surface area contributed by atoms with Crippen LogP contribution >= 0.6 is 0 Å². The summed E-state index contributed by atoms with van der Waals surface area (Å²) in [6.45, 7) is 1.15. The average Bonchev–Trinajstić information content (AvgIpc) is 2.72. The fourth-order valence-corrected chi connectivity index (χ4v) is 2.39. The molecule has 0 aliphatic heterocycles. The first kappa shape index (κ1) is 29.9. The number of imide groups is 1. The van der Waals surface area contributed by atoms with Crippen LogP contribution in [0, 0.1) is 0 Å². The Balaban J connectivity index is 4.54. The summed E-state index contributed by atoms with van der Waals surface area (Å²) in [5.41, 5.74) is -0.126. The molecule has 0 heterocycles. The predicted molar refractivity (Wildman–Crippen MR) is 114 cm³/mol. The van der Waals surface area contributed by atoms with Gasteiger partial charge in [0.25, 0.3) is 5.91 Å². The van der Waals surface area contributed by atoms with Gasteiger partial charge in [0.2, 0.25) is 18.2 Å². The van der Waals surface area contributed by atoms with Gasteiger partial charge in [0.15, 0.2) is 0 Å². The smallest absolute Gasteiger partial charge is 0.317 e. The number of rotatable bonds is 18. The first-order valence-electron chi connectivity index (χ1n) is 9.70. The Morgan fingerprint density at radius 2 is 1.21 bits per heavy atom. The van der Waals surface area contributed by atoms with E-state index in [0.717, 1.165) is 17.1 Å². The highest BCUT2D eigenvalue weighted by Gasteiger charge is 2.18. The standard InChI is InChI=1S/C19H27N5O10/c1-13(19(34)22-12-25)2-3-14(26)20-4-5-21-15(27)8-23(9-16(28)29)6-7-24(10-17(30)31)11-18(32)33/h2-3,12H,1,4-11H2,(H,20,26)(H,21,27)(H,28,29)(H,30,31)(H,32,33)(H,22,25,34)/b3-2+. The zero-order valence-corrected chi connectivity index (χ0v) is 18.2. The molecule has 0 aliphatic carbocycles. The van der Waals surface area contributed by atoms with Crippen LogP contribution in [0.3, 0.4) is 0 Å². The zero-order valence-electron chi connectivity index (χ0n) is 18.2. The average molecular weight is 485 g/mol. The second-order valence-electron chi connectivity index (χ2n) is 6.69. The van der Waals surface area contributed by atoms with Crippen LogP contribution in [-0.2, 0) is 33.6 Å². The van der Waals surface area contributed by atoms with Crippen LogP contribution in [0.15, 0.2) is 24.3 Å². The Labute approximate surface area is 194 Å². The van der Waals surface area contributed by atoms with Crippen LogP contribution < -0.4 is 16.0 Å². The van der Waals surface area contributed by atoms with Gasteiger partial charge in [0.1, 0.15) is 0 Å². The summed E-state index contributed by atoms with van der Waals surface area (Å²) in [7, 11) is 0. The van der Waals surface area contributed by atoms with Crippen molar-refractivity contribution < 1.29 is 48.9 Å². The quantitative estimate of drug-likeness (QED) is 0.0481. The van der Waals surface area contributed by atoms with Crippen molar-refractivity contribution in [3.63, 3.8) is 0 Å². The van der Waals surface area contributed by atoms with E-state index in [1.807, 2.05) is 5.32 Å². The number of carboxylic acid groups (broad SMARTS) is 3. The van der Waals surface area contributed by atoms with E-state index < -0.39 is 55.3 Å². The molecule has 0 saturated carbocycles. The third-order valence-corrected chi connectivity index (χ3v) is 3.84. The van der Waals surface area contributed by atoms with E-state index in [1.54, 1.807) is 0 Å². The van der Waals surface area contributed by atoms with Gasteiger partial charge in [-0.3, -0.25) is 48.7 Å². The third kappa shape index (κ3) is 15.7. The highest BCUT2D eigenvalue weighted by molar-refractivity contribution is 6.02. The summed E-state index contributed by atoms with van der Waals surface area (Å²) in [6.07, 6.45) is 2.27. The molecule has 0 aromatic rings. The van der Waals surface area contributed by atoms with Crippen molar-refractivity contribution in [2.45, 2.75) is 0 Å². The summed E-state index contributed by atoms with van der Waals surface area (Å²) in [6, 6.07) is 0. The van der Waals surface area contributed by atoms with E-state index in [4.69, 9.17) is 15.3 Å². The van der Waals surface area contributed by atoms with Crippen LogP contribution in [0.4, 0.5) is 0 Å². The van der Waals surface area contributed by atoms with Gasteiger partial charge in [0, 0.05) is 37.8 Å². The lowest BCUT2D eigenvalue weighted by Crippen LogP contribution is -2.46. The van der Waals surface area contributed by atoms with Crippen LogP contribution in [0.25, 0.3) is 0 Å². The molecule has 0 bridgehead atoms. The summed E-state index contributed by atoms with van der Waals surface area (Å²) in [5.74, 6) is -5.69. The van der Waals surface area contributed by atoms with Crippen LogP contribution in [0.5, 0.6) is 0 Å². The van der Waals surface area contributed by atoms with Crippen molar-refractivity contribution in [2.24, 2.45) is 0 Å². The first-order valence-corrected chi connectivity index (χ1v) is 9.70. The van der Waals surface area contributed by atoms with Crippen LogP contribution in [0.1, 0.15) is 0 Å². The minimum absolute atomic E-state index is 0.00392. The molecule has 0 aromatic heterocycles. The highest BCUT2D eigenvalue weighted by Crippen LogP contribution is 1.95. The Morgan fingerprint density at radius 3 is 1.68 bits per heavy atom. The van der Waals surface area contributed by atoms with Gasteiger partial charge >= 0.3 is 17.9 Å². The molecule has 0 radical (unpaired) electrons. The van der Waals surface area contributed by atoms with E-state index >= 15 is 0 Å². The number of aliphatic carboxylic acids is 3. The number of amides is 4. The van der Waals surface area contributed by atoms with Crippen LogP contribution in [0.2, 0.25) is 0 Å². The molecule has 34 heavy (non-hydrogen) atoms. The summed E-state index contributed by atoms with van der Waals surface area (Å²) >= 11 is 0. The molecule has 0 atom stereocenters. The lowest BCUT2D eigenvalue weighted by Gasteiger charge is -2.24. The van der Waals surface area contributed by atoms with Gasteiger partial charge in [-0.1, -0.05) is 6.58 Å². The summed E-state index contributed by atoms with van der Waals surface area (Å²) in [5, 5.41) is 33.4. The number of nitrogens with zero attached hydrogens (tertiary/aromatic N) is 2. The molecule has 188 valence electrons. The Bertz CT molecular complexity index is 810. The third-order valence-electron chi connectivity index (χ3n) is 3.84. The van der Waals surface area contributed by atoms with E-state index in [1.165, 1.54) is 4.90 Å². The van der Waals surface area contributed by atoms with E-state index in [2.05, 4.69) is 17.2 Å². The van der Waals surface area contributed by atoms with Crippen molar-refractivity contribution in [1.29, 1.82) is 0 Å². The lowest BCUT2D eigenvalue weighted by molar-refractivity contribution is -0.143. The topological polar surface area (TPSA) is 223 Å². The molecule has 0 fully saturated rings. The largest absolute Gasteiger partial charge is 0.480 e. The molecule has 4 amide bonds. The van der Waals surface area contributed by atoms with Crippen LogP contribution in [-0.4, -0.2) is 120 Å². The van der Waals surface area contributed by atoms with Crippen molar-refractivity contribution in [1.82, 2.24) is 25.8 Å². The van der Waals surface area contributed by atoms with Crippen molar-refractivity contribution in [3.05, 3.63) is 24.3 Å². The first-order chi connectivity index (χ1) is 15.9. The number of carbonyl (C=O) groups is 7. The minimum Gasteiger partial charge on any atom is -0.480 e. The fourth-order valence-electron chi connectivity index (χ4n) is 2.39. The molecule has 6 N–H and O–H groups in total. The lowest BCUT2D eigenvalue weighted by atomic mass is 10.2. The minimum atomic E-state index is -1.26. The second-order valence-corrected chi connectivity index (χ2v) is 6.69. The fraction of sp³-hybridized carbons (Fsp3) is 0.421. The number of nitrogens with one attached hydrogen (secondary N) is 3. The molecular weight excluding hydrogens is 458 g/mol. The van der Waals surface area contributed by atoms with E-state index in [0.29, 0.717) is 0 Å². The van der Waals surface area contributed by atoms with Gasteiger partial charge in [-0.25, -0.2) is 0 Å². The highest BCUT2D eigenvalue weighted by atomic mass is 16.4. The van der Waals surface area contributed by atoms with E-state index in [9.17, 15) is 33.6 Å².